The van der Waals surface area contributed by atoms with Gasteiger partial charge in [0.25, 0.3) is 0 Å². The van der Waals surface area contributed by atoms with Gasteiger partial charge >= 0.3 is 0 Å². The zero-order valence-electron chi connectivity index (χ0n) is 10.1. The molecule has 0 atom stereocenters. The highest BCUT2D eigenvalue weighted by molar-refractivity contribution is 7.80. The van der Waals surface area contributed by atoms with Crippen molar-refractivity contribution in [3.8, 4) is 10.6 Å². The molecule has 4 rings (SSSR count). The summed E-state index contributed by atoms with van der Waals surface area (Å²) in [6.45, 7) is 0. The number of nitrogens with zero attached hydrogens (tertiary/aromatic N) is 1. The first-order chi connectivity index (χ1) is 9.72. The van der Waals surface area contributed by atoms with Gasteiger partial charge < -0.3 is 4.98 Å². The lowest BCUT2D eigenvalue weighted by Gasteiger charge is -2.02. The second-order valence-electron chi connectivity index (χ2n) is 4.34. The number of thiazole rings is 2. The number of H-pyrrole nitrogens is 1. The summed E-state index contributed by atoms with van der Waals surface area (Å²) in [7, 11) is 0. The monoisotopic (exact) mass is 332 g/mol. The third kappa shape index (κ3) is 1.91. The number of aromatic amines is 1. The molecular formula is C14H8N2S4. The first kappa shape index (κ1) is 12.5. The SMILES string of the molecule is S=c1[nH]c2c(S)c(-c3nc4ccccc4s3)ccc2s1. The van der Waals surface area contributed by atoms with E-state index in [9.17, 15) is 0 Å². The number of benzene rings is 2. The van der Waals surface area contributed by atoms with Crippen molar-refractivity contribution in [1.82, 2.24) is 9.97 Å². The van der Waals surface area contributed by atoms with E-state index in [1.165, 1.54) is 4.70 Å². The predicted molar refractivity (Wildman–Crippen MR) is 92.9 cm³/mol. The average Bonchev–Trinajstić information content (AvgIpc) is 3.02. The van der Waals surface area contributed by atoms with E-state index in [0.717, 1.165) is 35.2 Å². The Labute approximate surface area is 133 Å². The first-order valence-corrected chi connectivity index (χ1v) is 8.42. The third-order valence-corrected chi connectivity index (χ3v) is 5.83. The van der Waals surface area contributed by atoms with Crippen LogP contribution in [0.25, 0.3) is 31.0 Å². The van der Waals surface area contributed by atoms with E-state index in [1.54, 1.807) is 22.7 Å². The maximum atomic E-state index is 5.20. The number of hydrogen-bond donors (Lipinski definition) is 2. The summed E-state index contributed by atoms with van der Waals surface area (Å²) < 4.78 is 3.09. The lowest BCUT2D eigenvalue weighted by atomic mass is 10.2. The molecule has 0 spiro atoms. The lowest BCUT2D eigenvalue weighted by molar-refractivity contribution is 1.38. The summed E-state index contributed by atoms with van der Waals surface area (Å²) in [4.78, 5) is 8.81. The van der Waals surface area contributed by atoms with Crippen molar-refractivity contribution in [3.63, 3.8) is 0 Å². The minimum absolute atomic E-state index is 0.775. The molecule has 2 aromatic carbocycles. The highest BCUT2D eigenvalue weighted by atomic mass is 32.1. The van der Waals surface area contributed by atoms with E-state index in [-0.39, 0.29) is 0 Å². The number of para-hydroxylation sites is 1. The van der Waals surface area contributed by atoms with Crippen molar-refractivity contribution in [2.75, 3.05) is 0 Å². The molecule has 2 aromatic heterocycles. The topological polar surface area (TPSA) is 28.7 Å². The average molecular weight is 333 g/mol. The van der Waals surface area contributed by atoms with E-state index in [0.29, 0.717) is 0 Å². The number of aromatic nitrogens is 2. The van der Waals surface area contributed by atoms with Gasteiger partial charge in [-0.05, 0) is 36.5 Å². The van der Waals surface area contributed by atoms with Gasteiger partial charge in [-0.1, -0.05) is 12.1 Å². The molecule has 0 aliphatic heterocycles. The zero-order chi connectivity index (χ0) is 13.7. The van der Waals surface area contributed by atoms with Gasteiger partial charge in [0.2, 0.25) is 0 Å². The first-order valence-electron chi connectivity index (χ1n) is 5.93. The summed E-state index contributed by atoms with van der Waals surface area (Å²) in [5.41, 5.74) is 3.07. The largest absolute Gasteiger partial charge is 0.336 e. The van der Waals surface area contributed by atoms with Crippen LogP contribution < -0.4 is 0 Å². The Morgan fingerprint density at radius 2 is 1.90 bits per heavy atom. The van der Waals surface area contributed by atoms with E-state index < -0.39 is 0 Å². The predicted octanol–water partition coefficient (Wildman–Crippen LogP) is 5.52. The van der Waals surface area contributed by atoms with Crippen molar-refractivity contribution in [1.29, 1.82) is 0 Å². The van der Waals surface area contributed by atoms with Gasteiger partial charge in [0.05, 0.1) is 20.4 Å². The molecule has 0 aliphatic carbocycles. The van der Waals surface area contributed by atoms with Crippen molar-refractivity contribution in [2.24, 2.45) is 0 Å². The zero-order valence-corrected chi connectivity index (χ0v) is 13.4. The molecule has 20 heavy (non-hydrogen) atoms. The lowest BCUT2D eigenvalue weighted by Crippen LogP contribution is -1.81. The van der Waals surface area contributed by atoms with Crippen LogP contribution in [0.2, 0.25) is 0 Å². The third-order valence-electron chi connectivity index (χ3n) is 3.09. The van der Waals surface area contributed by atoms with Crippen LogP contribution in [0.5, 0.6) is 0 Å². The second-order valence-corrected chi connectivity index (χ2v) is 7.53. The number of rotatable bonds is 1. The van der Waals surface area contributed by atoms with Gasteiger partial charge in [0.15, 0.2) is 3.95 Å². The fourth-order valence-electron chi connectivity index (χ4n) is 2.17. The Hall–Kier alpha value is -1.21. The Balaban J connectivity index is 2.01. The van der Waals surface area contributed by atoms with Crippen molar-refractivity contribution in [2.45, 2.75) is 4.90 Å². The maximum Gasteiger partial charge on any atom is 0.159 e. The number of hydrogen-bond acceptors (Lipinski definition) is 5. The Morgan fingerprint density at radius 3 is 2.75 bits per heavy atom. The van der Waals surface area contributed by atoms with E-state index in [2.05, 4.69) is 35.8 Å². The number of nitrogens with one attached hydrogen (secondary N) is 1. The molecule has 0 radical (unpaired) electrons. The molecule has 0 bridgehead atoms. The molecule has 98 valence electrons. The highest BCUT2D eigenvalue weighted by Crippen LogP contribution is 2.37. The molecule has 1 N–H and O–H groups in total. The van der Waals surface area contributed by atoms with E-state index in [4.69, 9.17) is 17.2 Å². The summed E-state index contributed by atoms with van der Waals surface area (Å²) in [6.07, 6.45) is 0. The normalized spacial score (nSPS) is 11.4. The summed E-state index contributed by atoms with van der Waals surface area (Å²) in [6, 6.07) is 12.3. The summed E-state index contributed by atoms with van der Waals surface area (Å²) >= 11 is 13.1. The van der Waals surface area contributed by atoms with Gasteiger partial charge in [-0.15, -0.1) is 35.3 Å². The van der Waals surface area contributed by atoms with Crippen molar-refractivity contribution in [3.05, 3.63) is 40.4 Å². The van der Waals surface area contributed by atoms with Crippen molar-refractivity contribution >= 4 is 68.0 Å². The van der Waals surface area contributed by atoms with Crippen LogP contribution in [-0.2, 0) is 0 Å². The number of thiol groups is 1. The molecule has 0 amide bonds. The quantitative estimate of drug-likeness (QED) is 0.355. The number of fused-ring (bicyclic) bond motifs is 2. The van der Waals surface area contributed by atoms with Gasteiger partial charge in [-0.25, -0.2) is 4.98 Å². The molecule has 2 heterocycles. The van der Waals surface area contributed by atoms with Crippen LogP contribution in [0.1, 0.15) is 0 Å². The molecule has 2 nitrogen and oxygen atoms in total. The molecular weight excluding hydrogens is 324 g/mol. The Bertz CT molecular complexity index is 960. The van der Waals surface area contributed by atoms with E-state index in [1.807, 2.05) is 18.2 Å². The van der Waals surface area contributed by atoms with Crippen LogP contribution >= 0.6 is 47.5 Å². The minimum Gasteiger partial charge on any atom is -0.336 e. The molecule has 0 fully saturated rings. The van der Waals surface area contributed by atoms with Gasteiger partial charge in [-0.3, -0.25) is 0 Å². The Morgan fingerprint density at radius 1 is 1.05 bits per heavy atom. The standard InChI is InChI=1S/C14H8N2S4/c17-12-7(5-6-10-11(12)16-14(18)20-10)13-15-8-3-1-2-4-9(8)19-13/h1-6,17H,(H,16,18). The fraction of sp³-hybridized carbons (Fsp3) is 0. The molecule has 4 aromatic rings. The highest BCUT2D eigenvalue weighted by Gasteiger charge is 2.12. The van der Waals surface area contributed by atoms with E-state index >= 15 is 0 Å². The smallest absolute Gasteiger partial charge is 0.159 e. The summed E-state index contributed by atoms with van der Waals surface area (Å²) in [5, 5.41) is 0.989. The van der Waals surface area contributed by atoms with Crippen LogP contribution in [0.15, 0.2) is 41.3 Å². The molecule has 0 unspecified atom stereocenters. The molecule has 0 saturated heterocycles. The van der Waals surface area contributed by atoms with Gasteiger partial charge in [0.1, 0.15) is 5.01 Å². The van der Waals surface area contributed by atoms with Crippen LogP contribution in [0, 0.1) is 3.95 Å². The summed E-state index contributed by atoms with van der Waals surface area (Å²) in [5.74, 6) is 0. The van der Waals surface area contributed by atoms with Crippen LogP contribution in [0.4, 0.5) is 0 Å². The van der Waals surface area contributed by atoms with Crippen LogP contribution in [0.3, 0.4) is 0 Å². The van der Waals surface area contributed by atoms with Crippen molar-refractivity contribution < 1.29 is 0 Å². The maximum absolute atomic E-state index is 5.20. The van der Waals surface area contributed by atoms with Crippen LogP contribution in [-0.4, -0.2) is 9.97 Å². The second kappa shape index (κ2) is 4.66. The molecule has 0 saturated carbocycles. The van der Waals surface area contributed by atoms with Gasteiger partial charge in [-0.2, -0.15) is 0 Å². The molecule has 0 aliphatic rings. The minimum atomic E-state index is 0.775. The van der Waals surface area contributed by atoms with Gasteiger partial charge in [0, 0.05) is 10.5 Å². The fourth-order valence-corrected chi connectivity index (χ4v) is 4.79. The Kier molecular flexibility index (Phi) is 2.92. The molecule has 6 heteroatoms.